The van der Waals surface area contributed by atoms with Crippen LogP contribution in [0, 0.1) is 5.41 Å². The lowest BCUT2D eigenvalue weighted by atomic mass is 9.74. The van der Waals surface area contributed by atoms with E-state index in [1.807, 2.05) is 0 Å². The smallest absolute Gasteiger partial charge is 0.406 e. The van der Waals surface area contributed by atoms with Gasteiger partial charge in [-0.3, -0.25) is 0 Å². The molecule has 2 rings (SSSR count). The Morgan fingerprint density at radius 1 is 1.19 bits per heavy atom. The lowest BCUT2D eigenvalue weighted by molar-refractivity contribution is -0.274. The topological polar surface area (TPSA) is 35.2 Å². The number of ether oxygens (including phenoxy) is 1. The van der Waals surface area contributed by atoms with Crippen molar-refractivity contribution in [3.63, 3.8) is 0 Å². The van der Waals surface area contributed by atoms with Crippen molar-refractivity contribution in [1.29, 1.82) is 0 Å². The van der Waals surface area contributed by atoms with E-state index in [2.05, 4.69) is 11.7 Å². The standard InChI is InChI=1S/C16H22F3NO/c1-2-15(9-3-4-10-15)14(20)11-12-5-7-13(8-6-12)21-16(17,18)19/h5-8,14H,2-4,9-11,20H2,1H3. The van der Waals surface area contributed by atoms with E-state index < -0.39 is 6.36 Å². The molecule has 0 bridgehead atoms. The van der Waals surface area contributed by atoms with Gasteiger partial charge in [-0.25, -0.2) is 0 Å². The molecule has 1 atom stereocenters. The first-order valence-electron chi connectivity index (χ1n) is 7.45. The molecule has 0 amide bonds. The highest BCUT2D eigenvalue weighted by Crippen LogP contribution is 2.44. The highest BCUT2D eigenvalue weighted by molar-refractivity contribution is 5.28. The van der Waals surface area contributed by atoms with Crippen LogP contribution in [0.4, 0.5) is 13.2 Å². The minimum absolute atomic E-state index is 0.0550. The molecule has 21 heavy (non-hydrogen) atoms. The second-order valence-electron chi connectivity index (χ2n) is 5.93. The van der Waals surface area contributed by atoms with E-state index in [9.17, 15) is 13.2 Å². The number of hydrogen-bond donors (Lipinski definition) is 1. The zero-order chi connectivity index (χ0) is 15.5. The van der Waals surface area contributed by atoms with E-state index in [1.54, 1.807) is 12.1 Å². The van der Waals surface area contributed by atoms with Gasteiger partial charge in [-0.15, -0.1) is 13.2 Å². The summed E-state index contributed by atoms with van der Waals surface area (Å²) in [5, 5.41) is 0. The molecule has 1 aliphatic rings. The highest BCUT2D eigenvalue weighted by Gasteiger charge is 2.37. The van der Waals surface area contributed by atoms with Crippen molar-refractivity contribution in [2.45, 2.75) is 57.9 Å². The van der Waals surface area contributed by atoms with Crippen LogP contribution in [-0.4, -0.2) is 12.4 Å². The van der Waals surface area contributed by atoms with E-state index in [0.29, 0.717) is 6.42 Å². The number of alkyl halides is 3. The number of rotatable bonds is 5. The number of halogens is 3. The summed E-state index contributed by atoms with van der Waals surface area (Å²) < 4.78 is 40.2. The molecule has 0 aromatic heterocycles. The molecule has 2 N–H and O–H groups in total. The van der Waals surface area contributed by atoms with Crippen molar-refractivity contribution >= 4 is 0 Å². The van der Waals surface area contributed by atoms with Crippen LogP contribution in [-0.2, 0) is 6.42 Å². The largest absolute Gasteiger partial charge is 0.573 e. The Hall–Kier alpha value is -1.23. The lowest BCUT2D eigenvalue weighted by Gasteiger charge is -2.34. The lowest BCUT2D eigenvalue weighted by Crippen LogP contribution is -2.41. The monoisotopic (exact) mass is 301 g/mol. The zero-order valence-electron chi connectivity index (χ0n) is 12.2. The van der Waals surface area contributed by atoms with Gasteiger partial charge in [0.05, 0.1) is 0 Å². The minimum Gasteiger partial charge on any atom is -0.406 e. The van der Waals surface area contributed by atoms with Crippen LogP contribution in [0.1, 0.15) is 44.6 Å². The average Bonchev–Trinajstić information content (AvgIpc) is 2.89. The van der Waals surface area contributed by atoms with E-state index in [4.69, 9.17) is 5.73 Å². The molecular weight excluding hydrogens is 279 g/mol. The van der Waals surface area contributed by atoms with E-state index in [0.717, 1.165) is 24.8 Å². The van der Waals surface area contributed by atoms with Gasteiger partial charge in [0.2, 0.25) is 0 Å². The van der Waals surface area contributed by atoms with E-state index in [-0.39, 0.29) is 17.2 Å². The Labute approximate surface area is 123 Å². The predicted octanol–water partition coefficient (Wildman–Crippen LogP) is 4.43. The van der Waals surface area contributed by atoms with Crippen molar-refractivity contribution in [2.24, 2.45) is 11.1 Å². The predicted molar refractivity (Wildman–Crippen MR) is 76.0 cm³/mol. The molecule has 0 aliphatic heterocycles. The summed E-state index contributed by atoms with van der Waals surface area (Å²) >= 11 is 0. The fourth-order valence-electron chi connectivity index (χ4n) is 3.36. The van der Waals surface area contributed by atoms with Crippen molar-refractivity contribution in [2.75, 3.05) is 0 Å². The van der Waals surface area contributed by atoms with Crippen molar-refractivity contribution in [3.05, 3.63) is 29.8 Å². The third kappa shape index (κ3) is 4.13. The van der Waals surface area contributed by atoms with E-state index >= 15 is 0 Å². The molecule has 0 heterocycles. The molecule has 0 spiro atoms. The summed E-state index contributed by atoms with van der Waals surface area (Å²) in [4.78, 5) is 0. The Kier molecular flexibility index (Phi) is 4.81. The van der Waals surface area contributed by atoms with Crippen LogP contribution < -0.4 is 10.5 Å². The normalized spacial score (nSPS) is 19.5. The first-order chi connectivity index (χ1) is 9.85. The van der Waals surface area contributed by atoms with Gasteiger partial charge < -0.3 is 10.5 Å². The molecule has 0 saturated heterocycles. The van der Waals surface area contributed by atoms with Gasteiger partial charge >= 0.3 is 6.36 Å². The van der Waals surface area contributed by atoms with Gasteiger partial charge in [-0.05, 0) is 48.8 Å². The van der Waals surface area contributed by atoms with Gasteiger partial charge in [-0.2, -0.15) is 0 Å². The fraction of sp³-hybridized carbons (Fsp3) is 0.625. The van der Waals surface area contributed by atoms with Gasteiger partial charge in [-0.1, -0.05) is 31.9 Å². The molecule has 1 aliphatic carbocycles. The molecule has 1 aromatic carbocycles. The first kappa shape index (κ1) is 16.1. The van der Waals surface area contributed by atoms with Gasteiger partial charge in [0.25, 0.3) is 0 Å². The van der Waals surface area contributed by atoms with Crippen LogP contribution in [0.15, 0.2) is 24.3 Å². The Morgan fingerprint density at radius 2 is 1.76 bits per heavy atom. The van der Waals surface area contributed by atoms with Crippen LogP contribution in [0.2, 0.25) is 0 Å². The Morgan fingerprint density at radius 3 is 2.24 bits per heavy atom. The summed E-state index contributed by atoms with van der Waals surface area (Å²) in [5.74, 6) is -0.189. The highest BCUT2D eigenvalue weighted by atomic mass is 19.4. The summed E-state index contributed by atoms with van der Waals surface area (Å²) in [6, 6.07) is 6.09. The Balaban J connectivity index is 1.99. The molecule has 1 aromatic rings. The summed E-state index contributed by atoms with van der Waals surface area (Å²) in [6.07, 6.45) is 1.86. The second kappa shape index (κ2) is 6.26. The number of hydrogen-bond acceptors (Lipinski definition) is 2. The molecule has 2 nitrogen and oxygen atoms in total. The van der Waals surface area contributed by atoms with Crippen molar-refractivity contribution < 1.29 is 17.9 Å². The number of nitrogens with two attached hydrogens (primary N) is 1. The summed E-state index contributed by atoms with van der Waals surface area (Å²) in [5.41, 5.74) is 7.54. The van der Waals surface area contributed by atoms with Crippen LogP contribution in [0.5, 0.6) is 5.75 Å². The molecule has 5 heteroatoms. The summed E-state index contributed by atoms with van der Waals surface area (Å²) in [6.45, 7) is 2.17. The first-order valence-corrected chi connectivity index (χ1v) is 7.45. The minimum atomic E-state index is -4.64. The van der Waals surface area contributed by atoms with Crippen LogP contribution >= 0.6 is 0 Å². The second-order valence-corrected chi connectivity index (χ2v) is 5.93. The average molecular weight is 301 g/mol. The maximum atomic E-state index is 12.1. The van der Waals surface area contributed by atoms with Crippen molar-refractivity contribution in [3.8, 4) is 5.75 Å². The maximum Gasteiger partial charge on any atom is 0.573 e. The summed E-state index contributed by atoms with van der Waals surface area (Å²) in [7, 11) is 0. The molecule has 0 radical (unpaired) electrons. The van der Waals surface area contributed by atoms with Gasteiger partial charge in [0.15, 0.2) is 0 Å². The van der Waals surface area contributed by atoms with Crippen LogP contribution in [0.25, 0.3) is 0 Å². The molecule has 118 valence electrons. The van der Waals surface area contributed by atoms with Crippen LogP contribution in [0.3, 0.4) is 0 Å². The number of benzene rings is 1. The maximum absolute atomic E-state index is 12.1. The zero-order valence-corrected chi connectivity index (χ0v) is 12.2. The van der Waals surface area contributed by atoms with E-state index in [1.165, 1.54) is 25.0 Å². The fourth-order valence-corrected chi connectivity index (χ4v) is 3.36. The third-order valence-electron chi connectivity index (χ3n) is 4.70. The van der Waals surface area contributed by atoms with Crippen molar-refractivity contribution in [1.82, 2.24) is 0 Å². The molecule has 1 saturated carbocycles. The molecule has 1 unspecified atom stereocenters. The Bertz CT molecular complexity index is 450. The van der Waals surface area contributed by atoms with Gasteiger partial charge in [0, 0.05) is 6.04 Å². The quantitative estimate of drug-likeness (QED) is 0.873. The van der Waals surface area contributed by atoms with Gasteiger partial charge in [0.1, 0.15) is 5.75 Å². The molecular formula is C16H22F3NO. The third-order valence-corrected chi connectivity index (χ3v) is 4.70. The SMILES string of the molecule is CCC1(C(N)Cc2ccc(OC(F)(F)F)cc2)CCCC1. The molecule has 1 fully saturated rings.